The second-order valence-electron chi connectivity index (χ2n) is 0.627. The Morgan fingerprint density at radius 2 is 2.33 bits per heavy atom. The smallest absolute Gasteiger partial charge is 0.249 e. The monoisotopic (exact) mass is 88.0 g/mol. The summed E-state index contributed by atoms with van der Waals surface area (Å²) in [5, 5.41) is 9.24. The van der Waals surface area contributed by atoms with Crippen LogP contribution in [0.15, 0.2) is 12.4 Å². The zero-order chi connectivity index (χ0) is 4.99. The first-order valence-corrected chi connectivity index (χ1v) is 1.29. The maximum Gasteiger partial charge on any atom is 0.249 e. The van der Waals surface area contributed by atoms with Gasteiger partial charge < -0.3 is 5.73 Å². The Morgan fingerprint density at radius 3 is 2.33 bits per heavy atom. The minimum atomic E-state index is -0.625. The molecule has 34 valence electrons. The van der Waals surface area contributed by atoms with Gasteiger partial charge in [-0.2, -0.15) is 0 Å². The predicted octanol–water partition coefficient (Wildman–Crippen LogP) is -0.307. The van der Waals surface area contributed by atoms with Gasteiger partial charge in [-0.1, -0.05) is 0 Å². The molecule has 0 spiro atoms. The Morgan fingerprint density at radius 1 is 1.83 bits per heavy atom. The average molecular weight is 88.1 g/mol. The first-order chi connectivity index (χ1) is 2.77. The highest BCUT2D eigenvalue weighted by molar-refractivity contribution is 4.60. The lowest BCUT2D eigenvalue weighted by Gasteiger charge is -1.69. The molecule has 0 atom stereocenters. The van der Waals surface area contributed by atoms with Crippen LogP contribution >= 0.6 is 0 Å². The van der Waals surface area contributed by atoms with Gasteiger partial charge in [0.05, 0.1) is 11.1 Å². The van der Waals surface area contributed by atoms with E-state index in [1.165, 1.54) is 0 Å². The summed E-state index contributed by atoms with van der Waals surface area (Å²) in [6, 6.07) is 0. The first-order valence-electron chi connectivity index (χ1n) is 1.29. The standard InChI is InChI=1S/C2H4N2O2/c3-1-2-4(5)6/h1-2H,3H2/b2-1+. The molecule has 4 nitrogen and oxygen atoms in total. The van der Waals surface area contributed by atoms with Gasteiger partial charge in [-0.25, -0.2) is 0 Å². The van der Waals surface area contributed by atoms with Crippen molar-refractivity contribution >= 4 is 0 Å². The lowest BCUT2D eigenvalue weighted by Crippen LogP contribution is -1.85. The molecule has 0 aromatic carbocycles. The van der Waals surface area contributed by atoms with Crippen LogP contribution in [-0.4, -0.2) is 4.92 Å². The van der Waals surface area contributed by atoms with E-state index in [0.717, 1.165) is 6.20 Å². The Labute approximate surface area is 34.4 Å². The molecule has 0 radical (unpaired) electrons. The van der Waals surface area contributed by atoms with Crippen molar-refractivity contribution in [3.63, 3.8) is 0 Å². The van der Waals surface area contributed by atoms with E-state index in [2.05, 4.69) is 5.73 Å². The highest BCUT2D eigenvalue weighted by atomic mass is 16.6. The average Bonchev–Trinajstić information content (AvgIpc) is 1.35. The van der Waals surface area contributed by atoms with Crippen molar-refractivity contribution in [2.45, 2.75) is 0 Å². The Balaban J connectivity index is 3.30. The quantitative estimate of drug-likeness (QED) is 0.353. The molecule has 0 bridgehead atoms. The van der Waals surface area contributed by atoms with Crippen molar-refractivity contribution in [2.24, 2.45) is 5.73 Å². The Hall–Kier alpha value is -1.06. The van der Waals surface area contributed by atoms with E-state index in [9.17, 15) is 10.1 Å². The zero-order valence-corrected chi connectivity index (χ0v) is 3.00. The van der Waals surface area contributed by atoms with E-state index in [-0.39, 0.29) is 0 Å². The minimum Gasteiger partial charge on any atom is -0.400 e. The molecular weight excluding hydrogens is 84.0 g/mol. The van der Waals surface area contributed by atoms with Crippen LogP contribution in [0.2, 0.25) is 0 Å². The van der Waals surface area contributed by atoms with Gasteiger partial charge in [-0.05, 0) is 0 Å². The van der Waals surface area contributed by atoms with Crippen LogP contribution in [0.4, 0.5) is 0 Å². The maximum absolute atomic E-state index is 9.24. The third kappa shape index (κ3) is 2.94. The molecule has 0 amide bonds. The fourth-order valence-electron chi connectivity index (χ4n) is 0.0703. The van der Waals surface area contributed by atoms with Crippen molar-refractivity contribution in [3.8, 4) is 0 Å². The normalized spacial score (nSPS) is 9.33. The summed E-state index contributed by atoms with van der Waals surface area (Å²) in [6.07, 6.45) is 1.54. The molecule has 0 fully saturated rings. The molecule has 2 N–H and O–H groups in total. The van der Waals surface area contributed by atoms with E-state index < -0.39 is 4.92 Å². The lowest BCUT2D eigenvalue weighted by atomic mass is 11.0. The summed E-state index contributed by atoms with van der Waals surface area (Å²) in [6.45, 7) is 0. The molecule has 0 aliphatic carbocycles. The molecule has 0 unspecified atom stereocenters. The second-order valence-corrected chi connectivity index (χ2v) is 0.627. The van der Waals surface area contributed by atoms with Crippen LogP contribution in [0.1, 0.15) is 0 Å². The Bertz CT molecular complexity index is 77.6. The van der Waals surface area contributed by atoms with E-state index in [4.69, 9.17) is 0 Å². The van der Waals surface area contributed by atoms with Crippen LogP contribution in [0.5, 0.6) is 0 Å². The molecule has 0 saturated heterocycles. The molecule has 0 aromatic rings. The molecule has 0 saturated carbocycles. The van der Waals surface area contributed by atoms with Crippen LogP contribution in [0.25, 0.3) is 0 Å². The van der Waals surface area contributed by atoms with E-state index in [1.54, 1.807) is 0 Å². The van der Waals surface area contributed by atoms with E-state index in [1.807, 2.05) is 0 Å². The topological polar surface area (TPSA) is 69.2 Å². The van der Waals surface area contributed by atoms with Crippen LogP contribution in [0.3, 0.4) is 0 Å². The van der Waals surface area contributed by atoms with Gasteiger partial charge in [0.15, 0.2) is 0 Å². The molecular formula is C2H4N2O2. The van der Waals surface area contributed by atoms with Gasteiger partial charge in [0.1, 0.15) is 0 Å². The predicted molar refractivity (Wildman–Crippen MR) is 20.3 cm³/mol. The van der Waals surface area contributed by atoms with Gasteiger partial charge in [-0.15, -0.1) is 0 Å². The number of hydrogen-bond donors (Lipinski definition) is 1. The SMILES string of the molecule is N/C=C/[N+](=O)[O-]. The molecule has 0 aliphatic rings. The van der Waals surface area contributed by atoms with E-state index in [0.29, 0.717) is 6.20 Å². The summed E-state index contributed by atoms with van der Waals surface area (Å²) < 4.78 is 0. The van der Waals surface area contributed by atoms with Gasteiger partial charge in [-0.3, -0.25) is 10.1 Å². The van der Waals surface area contributed by atoms with Crippen molar-refractivity contribution in [1.29, 1.82) is 0 Å². The van der Waals surface area contributed by atoms with Crippen molar-refractivity contribution < 1.29 is 4.92 Å². The largest absolute Gasteiger partial charge is 0.400 e. The lowest BCUT2D eigenvalue weighted by molar-refractivity contribution is -0.402. The summed E-state index contributed by atoms with van der Waals surface area (Å²) >= 11 is 0. The molecule has 0 heterocycles. The van der Waals surface area contributed by atoms with Crippen LogP contribution in [-0.2, 0) is 0 Å². The van der Waals surface area contributed by atoms with Crippen LogP contribution < -0.4 is 5.73 Å². The zero-order valence-electron chi connectivity index (χ0n) is 3.00. The van der Waals surface area contributed by atoms with Crippen molar-refractivity contribution in [2.75, 3.05) is 0 Å². The van der Waals surface area contributed by atoms with Gasteiger partial charge in [0.25, 0.3) is 0 Å². The molecule has 0 rings (SSSR count). The molecule has 0 aliphatic heterocycles. The minimum absolute atomic E-state index is 0.625. The summed E-state index contributed by atoms with van der Waals surface area (Å²) in [7, 11) is 0. The van der Waals surface area contributed by atoms with Crippen LogP contribution in [0, 0.1) is 10.1 Å². The third-order valence-electron chi connectivity index (χ3n) is 0.208. The number of rotatable bonds is 1. The summed E-state index contributed by atoms with van der Waals surface area (Å²) in [4.78, 5) is 8.61. The summed E-state index contributed by atoms with van der Waals surface area (Å²) in [5.74, 6) is 0. The fourth-order valence-corrected chi connectivity index (χ4v) is 0.0703. The Kier molecular flexibility index (Phi) is 1.81. The van der Waals surface area contributed by atoms with Crippen molar-refractivity contribution in [1.82, 2.24) is 0 Å². The summed E-state index contributed by atoms with van der Waals surface area (Å²) in [5.41, 5.74) is 4.61. The molecule has 4 heteroatoms. The number of nitro groups is 1. The highest BCUT2D eigenvalue weighted by Crippen LogP contribution is 1.62. The van der Waals surface area contributed by atoms with Gasteiger partial charge in [0.2, 0.25) is 6.20 Å². The van der Waals surface area contributed by atoms with E-state index >= 15 is 0 Å². The van der Waals surface area contributed by atoms with Gasteiger partial charge in [0, 0.05) is 0 Å². The second kappa shape index (κ2) is 2.19. The molecule has 0 aromatic heterocycles. The third-order valence-corrected chi connectivity index (χ3v) is 0.208. The molecule has 6 heavy (non-hydrogen) atoms. The fraction of sp³-hybridized carbons (Fsp3) is 0. The van der Waals surface area contributed by atoms with Crippen molar-refractivity contribution in [3.05, 3.63) is 22.5 Å². The number of hydrogen-bond acceptors (Lipinski definition) is 3. The number of nitrogens with zero attached hydrogens (tertiary/aromatic N) is 1. The van der Waals surface area contributed by atoms with Gasteiger partial charge >= 0.3 is 0 Å². The number of nitrogens with two attached hydrogens (primary N) is 1. The highest BCUT2D eigenvalue weighted by Gasteiger charge is 1.74. The first kappa shape index (κ1) is 4.94. The maximum atomic E-state index is 9.24.